The smallest absolute Gasteiger partial charge is 0.220 e. The summed E-state index contributed by atoms with van der Waals surface area (Å²) in [5.41, 5.74) is 8.40. The van der Waals surface area contributed by atoms with Crippen molar-refractivity contribution in [2.75, 3.05) is 19.7 Å². The predicted octanol–water partition coefficient (Wildman–Crippen LogP) is 4.91. The minimum absolute atomic E-state index is 0.0330. The minimum atomic E-state index is -0.246. The second-order valence-corrected chi connectivity index (χ2v) is 9.42. The summed E-state index contributed by atoms with van der Waals surface area (Å²) in [6.07, 6.45) is 5.78. The Morgan fingerprint density at radius 1 is 1.16 bits per heavy atom. The summed E-state index contributed by atoms with van der Waals surface area (Å²) in [4.78, 5) is 13.9. The highest BCUT2D eigenvalue weighted by Gasteiger charge is 2.27. The molecule has 5 nitrogen and oxygen atoms in total. The number of benzene rings is 2. The van der Waals surface area contributed by atoms with Crippen molar-refractivity contribution in [2.24, 2.45) is 17.6 Å². The van der Waals surface area contributed by atoms with Crippen molar-refractivity contribution in [3.8, 4) is 11.4 Å². The van der Waals surface area contributed by atoms with Crippen LogP contribution in [0.4, 0.5) is 4.39 Å². The van der Waals surface area contributed by atoms with Crippen LogP contribution in [0.3, 0.4) is 0 Å². The molecular formula is C25H27ClFN3O2. The van der Waals surface area contributed by atoms with E-state index in [4.69, 9.17) is 22.1 Å². The average molecular weight is 456 g/mol. The standard InChI is InChI=1S/C25H27ClFN3O2/c26-22-13-21(30-8-7-18-11-20(27)5-6-23(18)30)12-19-15-29(9-10-32-24(19)22)14-16-1-3-17(4-2-16)25(28)31/h5-8,11-13,16-17H,1-4,9-10,14-15H2,(H2,28,31). The van der Waals surface area contributed by atoms with Crippen molar-refractivity contribution in [1.29, 1.82) is 0 Å². The normalized spacial score (nSPS) is 21.7. The summed E-state index contributed by atoms with van der Waals surface area (Å²) in [6.45, 7) is 3.16. The van der Waals surface area contributed by atoms with Crippen LogP contribution in [0, 0.1) is 17.7 Å². The molecule has 0 atom stereocenters. The van der Waals surface area contributed by atoms with Crippen LogP contribution in [-0.2, 0) is 11.3 Å². The first-order chi connectivity index (χ1) is 15.5. The zero-order valence-electron chi connectivity index (χ0n) is 17.9. The van der Waals surface area contributed by atoms with E-state index in [-0.39, 0.29) is 17.6 Å². The van der Waals surface area contributed by atoms with Gasteiger partial charge >= 0.3 is 0 Å². The average Bonchev–Trinajstić information content (AvgIpc) is 3.07. The molecule has 0 bridgehead atoms. The molecule has 1 aromatic heterocycles. The third-order valence-electron chi connectivity index (χ3n) is 6.85. The highest BCUT2D eigenvalue weighted by atomic mass is 35.5. The Labute approximate surface area is 191 Å². The molecule has 1 aliphatic heterocycles. The number of nitrogens with two attached hydrogens (primary N) is 1. The molecule has 0 unspecified atom stereocenters. The van der Waals surface area contributed by atoms with E-state index in [1.807, 2.05) is 22.9 Å². The fourth-order valence-corrected chi connectivity index (χ4v) is 5.43. The van der Waals surface area contributed by atoms with Gasteiger partial charge in [-0.1, -0.05) is 11.6 Å². The van der Waals surface area contributed by atoms with Crippen LogP contribution in [0.2, 0.25) is 5.02 Å². The molecule has 0 spiro atoms. The van der Waals surface area contributed by atoms with E-state index in [9.17, 15) is 9.18 Å². The topological polar surface area (TPSA) is 60.5 Å². The van der Waals surface area contributed by atoms with Gasteiger partial charge in [0.25, 0.3) is 0 Å². The first-order valence-corrected chi connectivity index (χ1v) is 11.6. The number of carbonyl (C=O) groups excluding carboxylic acids is 1. The first-order valence-electron chi connectivity index (χ1n) is 11.2. The number of carbonyl (C=O) groups is 1. The Morgan fingerprint density at radius 2 is 1.97 bits per heavy atom. The van der Waals surface area contributed by atoms with Crippen molar-refractivity contribution >= 4 is 28.4 Å². The lowest BCUT2D eigenvalue weighted by Crippen LogP contribution is -2.34. The maximum atomic E-state index is 13.6. The van der Waals surface area contributed by atoms with Crippen molar-refractivity contribution in [2.45, 2.75) is 32.2 Å². The van der Waals surface area contributed by atoms with Gasteiger partial charge in [-0.3, -0.25) is 9.69 Å². The Morgan fingerprint density at radius 3 is 2.75 bits per heavy atom. The quantitative estimate of drug-likeness (QED) is 0.608. The number of hydrogen-bond acceptors (Lipinski definition) is 3. The molecule has 5 rings (SSSR count). The zero-order chi connectivity index (χ0) is 22.2. The maximum Gasteiger partial charge on any atom is 0.220 e. The Hall–Kier alpha value is -2.57. The number of fused-ring (bicyclic) bond motifs is 2. The van der Waals surface area contributed by atoms with Crippen LogP contribution < -0.4 is 10.5 Å². The number of rotatable bonds is 4. The molecule has 0 radical (unpaired) electrons. The van der Waals surface area contributed by atoms with Gasteiger partial charge in [0.05, 0.1) is 10.5 Å². The molecule has 2 heterocycles. The summed E-state index contributed by atoms with van der Waals surface area (Å²) < 4.78 is 21.7. The second-order valence-electron chi connectivity index (χ2n) is 9.01. The van der Waals surface area contributed by atoms with Gasteiger partial charge in [0, 0.05) is 48.4 Å². The number of aromatic nitrogens is 1. The highest BCUT2D eigenvalue weighted by molar-refractivity contribution is 6.32. The van der Waals surface area contributed by atoms with Crippen molar-refractivity contribution in [1.82, 2.24) is 9.47 Å². The molecule has 168 valence electrons. The van der Waals surface area contributed by atoms with Gasteiger partial charge in [0.1, 0.15) is 18.2 Å². The van der Waals surface area contributed by atoms with Crippen LogP contribution in [-0.4, -0.2) is 35.1 Å². The monoisotopic (exact) mass is 455 g/mol. The van der Waals surface area contributed by atoms with Gasteiger partial charge in [0.15, 0.2) is 0 Å². The Balaban J connectivity index is 1.38. The first kappa shape index (κ1) is 21.3. The Kier molecular flexibility index (Phi) is 5.82. The fraction of sp³-hybridized carbons (Fsp3) is 0.400. The largest absolute Gasteiger partial charge is 0.490 e. The van der Waals surface area contributed by atoms with Crippen LogP contribution in [0.1, 0.15) is 31.2 Å². The summed E-state index contributed by atoms with van der Waals surface area (Å²) >= 11 is 6.64. The van der Waals surface area contributed by atoms with Crippen LogP contribution in [0.25, 0.3) is 16.6 Å². The predicted molar refractivity (Wildman–Crippen MR) is 124 cm³/mol. The molecule has 2 aromatic carbocycles. The number of nitrogens with zero attached hydrogens (tertiary/aromatic N) is 2. The van der Waals surface area contributed by atoms with E-state index in [1.54, 1.807) is 6.07 Å². The molecule has 32 heavy (non-hydrogen) atoms. The van der Waals surface area contributed by atoms with E-state index in [0.717, 1.165) is 73.2 Å². The van der Waals surface area contributed by atoms with Gasteiger partial charge in [-0.2, -0.15) is 0 Å². The summed E-state index contributed by atoms with van der Waals surface area (Å²) in [7, 11) is 0. The molecule has 1 fully saturated rings. The van der Waals surface area contributed by atoms with Crippen LogP contribution in [0.5, 0.6) is 5.75 Å². The van der Waals surface area contributed by atoms with Gasteiger partial charge < -0.3 is 15.0 Å². The lowest BCUT2D eigenvalue weighted by atomic mass is 9.81. The molecule has 1 amide bonds. The minimum Gasteiger partial charge on any atom is -0.490 e. The SMILES string of the molecule is NC(=O)C1CCC(CN2CCOc3c(Cl)cc(-n4ccc5cc(F)ccc54)cc3C2)CC1. The van der Waals surface area contributed by atoms with E-state index >= 15 is 0 Å². The molecule has 2 N–H and O–H groups in total. The number of halogens is 2. The third kappa shape index (κ3) is 4.21. The van der Waals surface area contributed by atoms with Crippen LogP contribution in [0.15, 0.2) is 42.6 Å². The lowest BCUT2D eigenvalue weighted by Gasteiger charge is -2.31. The lowest BCUT2D eigenvalue weighted by molar-refractivity contribution is -0.123. The van der Waals surface area contributed by atoms with Gasteiger partial charge in [-0.15, -0.1) is 0 Å². The molecular weight excluding hydrogens is 429 g/mol. The summed E-state index contributed by atoms with van der Waals surface area (Å²) in [5.74, 6) is 0.935. The highest BCUT2D eigenvalue weighted by Crippen LogP contribution is 2.36. The fourth-order valence-electron chi connectivity index (χ4n) is 5.14. The van der Waals surface area contributed by atoms with Crippen LogP contribution >= 0.6 is 11.6 Å². The van der Waals surface area contributed by atoms with E-state index in [0.29, 0.717) is 17.5 Å². The van der Waals surface area contributed by atoms with E-state index < -0.39 is 0 Å². The molecule has 3 aromatic rings. The van der Waals surface area contributed by atoms with Crippen molar-refractivity contribution < 1.29 is 13.9 Å². The molecule has 0 saturated heterocycles. The number of amides is 1. The Bertz CT molecular complexity index is 1150. The van der Waals surface area contributed by atoms with Crippen molar-refractivity contribution in [3.05, 3.63) is 59.0 Å². The van der Waals surface area contributed by atoms with E-state index in [2.05, 4.69) is 11.0 Å². The second kappa shape index (κ2) is 8.75. The third-order valence-corrected chi connectivity index (χ3v) is 7.13. The number of ether oxygens (including phenoxy) is 1. The van der Waals surface area contributed by atoms with Gasteiger partial charge in [0.2, 0.25) is 5.91 Å². The van der Waals surface area contributed by atoms with E-state index in [1.165, 1.54) is 12.1 Å². The number of hydrogen-bond donors (Lipinski definition) is 1. The molecule has 1 aliphatic carbocycles. The summed E-state index contributed by atoms with van der Waals surface area (Å²) in [5, 5.41) is 1.44. The summed E-state index contributed by atoms with van der Waals surface area (Å²) in [6, 6.07) is 10.7. The van der Waals surface area contributed by atoms with Crippen molar-refractivity contribution in [3.63, 3.8) is 0 Å². The maximum absolute atomic E-state index is 13.6. The zero-order valence-corrected chi connectivity index (χ0v) is 18.7. The van der Waals surface area contributed by atoms with Gasteiger partial charge in [-0.05, 0) is 68.0 Å². The van der Waals surface area contributed by atoms with Gasteiger partial charge in [-0.25, -0.2) is 4.39 Å². The molecule has 1 saturated carbocycles. The molecule has 7 heteroatoms. The number of primary amides is 1. The molecule has 2 aliphatic rings.